The van der Waals surface area contributed by atoms with Crippen molar-refractivity contribution in [2.24, 2.45) is 0 Å². The first-order chi connectivity index (χ1) is 11.9. The van der Waals surface area contributed by atoms with Crippen molar-refractivity contribution in [1.82, 2.24) is 14.9 Å². The van der Waals surface area contributed by atoms with Gasteiger partial charge in [0.05, 0.1) is 18.1 Å². The summed E-state index contributed by atoms with van der Waals surface area (Å²) in [4.78, 5) is 14.6. The monoisotopic (exact) mass is 369 g/mol. The maximum atomic E-state index is 12.2. The zero-order valence-electron chi connectivity index (χ0n) is 14.8. The number of nitrogens with one attached hydrogen (secondary N) is 2. The van der Waals surface area contributed by atoms with E-state index in [0.717, 1.165) is 32.8 Å². The van der Waals surface area contributed by atoms with Gasteiger partial charge in [0.1, 0.15) is 0 Å². The van der Waals surface area contributed by atoms with Crippen LogP contribution in [-0.2, 0) is 14.8 Å². The van der Waals surface area contributed by atoms with Gasteiger partial charge in [-0.25, -0.2) is 13.1 Å². The van der Waals surface area contributed by atoms with Gasteiger partial charge in [-0.05, 0) is 37.6 Å². The second-order valence-electron chi connectivity index (χ2n) is 6.16. The summed E-state index contributed by atoms with van der Waals surface area (Å²) in [7, 11) is -3.55. The smallest absolute Gasteiger partial charge is 0.251 e. The Morgan fingerprint density at radius 3 is 2.48 bits per heavy atom. The lowest BCUT2D eigenvalue weighted by atomic mass is 10.2. The number of amides is 1. The Balaban J connectivity index is 1.87. The molecule has 1 aliphatic heterocycles. The minimum atomic E-state index is -3.55. The van der Waals surface area contributed by atoms with Crippen LogP contribution in [0.4, 0.5) is 0 Å². The van der Waals surface area contributed by atoms with E-state index in [1.165, 1.54) is 24.3 Å². The molecule has 1 amide bonds. The molecule has 1 heterocycles. The number of carbonyl (C=O) groups excluding carboxylic acids is 1. The van der Waals surface area contributed by atoms with Crippen molar-refractivity contribution in [1.29, 1.82) is 0 Å². The molecule has 1 fully saturated rings. The molecular weight excluding hydrogens is 342 g/mol. The van der Waals surface area contributed by atoms with Crippen LogP contribution in [0.3, 0.4) is 0 Å². The maximum Gasteiger partial charge on any atom is 0.251 e. The van der Waals surface area contributed by atoms with E-state index in [-0.39, 0.29) is 16.8 Å². The molecule has 0 saturated carbocycles. The fraction of sp³-hybridized carbons (Fsp3) is 0.588. The Hall–Kier alpha value is -1.48. The number of sulfonamides is 1. The number of benzene rings is 1. The number of hydrogen-bond donors (Lipinski definition) is 2. The largest absolute Gasteiger partial charge is 0.379 e. The Morgan fingerprint density at radius 1 is 1.24 bits per heavy atom. The van der Waals surface area contributed by atoms with Crippen molar-refractivity contribution >= 4 is 15.9 Å². The fourth-order valence-corrected chi connectivity index (χ4v) is 3.78. The van der Waals surface area contributed by atoms with Crippen LogP contribution in [0, 0.1) is 0 Å². The number of morpholine rings is 1. The van der Waals surface area contributed by atoms with Crippen molar-refractivity contribution in [2.45, 2.75) is 31.2 Å². The minimum Gasteiger partial charge on any atom is -0.379 e. The molecule has 1 aromatic carbocycles. The molecule has 0 spiro atoms. The molecule has 1 aromatic rings. The molecule has 8 heteroatoms. The van der Waals surface area contributed by atoms with Crippen LogP contribution < -0.4 is 10.0 Å². The highest BCUT2D eigenvalue weighted by atomic mass is 32.2. The van der Waals surface area contributed by atoms with Gasteiger partial charge in [-0.15, -0.1) is 0 Å². The molecule has 140 valence electrons. The van der Waals surface area contributed by atoms with Gasteiger partial charge in [-0.3, -0.25) is 9.69 Å². The molecule has 1 atom stereocenters. The summed E-state index contributed by atoms with van der Waals surface area (Å²) >= 11 is 0. The van der Waals surface area contributed by atoms with Gasteiger partial charge < -0.3 is 10.1 Å². The average Bonchev–Trinajstić information content (AvgIpc) is 2.62. The molecule has 2 rings (SSSR count). The lowest BCUT2D eigenvalue weighted by Crippen LogP contribution is -2.41. The first-order valence-corrected chi connectivity index (χ1v) is 10.1. The van der Waals surface area contributed by atoms with Crippen molar-refractivity contribution in [3.8, 4) is 0 Å². The molecule has 1 aliphatic rings. The van der Waals surface area contributed by atoms with E-state index < -0.39 is 10.0 Å². The maximum absolute atomic E-state index is 12.2. The topological polar surface area (TPSA) is 87.7 Å². The molecular formula is C17H27N3O4S. The van der Waals surface area contributed by atoms with E-state index in [1.54, 1.807) is 0 Å². The van der Waals surface area contributed by atoms with E-state index >= 15 is 0 Å². The Kier molecular flexibility index (Phi) is 7.37. The molecule has 7 nitrogen and oxygen atoms in total. The lowest BCUT2D eigenvalue weighted by molar-refractivity contribution is 0.0383. The summed E-state index contributed by atoms with van der Waals surface area (Å²) in [5, 5.41) is 2.86. The van der Waals surface area contributed by atoms with Crippen LogP contribution in [0.5, 0.6) is 0 Å². The predicted octanol–water partition coefficient (Wildman–Crippen LogP) is 0.825. The van der Waals surface area contributed by atoms with E-state index in [0.29, 0.717) is 18.5 Å². The van der Waals surface area contributed by atoms with E-state index in [9.17, 15) is 13.2 Å². The molecule has 0 aromatic heterocycles. The third kappa shape index (κ3) is 6.07. The summed E-state index contributed by atoms with van der Waals surface area (Å²) in [5.41, 5.74) is 0.449. The lowest BCUT2D eigenvalue weighted by Gasteiger charge is -2.26. The summed E-state index contributed by atoms with van der Waals surface area (Å²) in [6, 6.07) is 5.86. The van der Waals surface area contributed by atoms with E-state index in [1.807, 2.05) is 13.8 Å². The van der Waals surface area contributed by atoms with Crippen LogP contribution in [0.1, 0.15) is 30.6 Å². The first-order valence-electron chi connectivity index (χ1n) is 8.63. The van der Waals surface area contributed by atoms with Crippen LogP contribution >= 0.6 is 0 Å². The number of nitrogens with zero attached hydrogens (tertiary/aromatic N) is 1. The highest BCUT2D eigenvalue weighted by Gasteiger charge is 2.17. The third-order valence-corrected chi connectivity index (χ3v) is 5.82. The van der Waals surface area contributed by atoms with Gasteiger partial charge in [0.2, 0.25) is 10.0 Å². The number of rotatable bonds is 8. The second-order valence-corrected chi connectivity index (χ2v) is 7.88. The molecule has 25 heavy (non-hydrogen) atoms. The molecule has 0 radical (unpaired) electrons. The van der Waals surface area contributed by atoms with Gasteiger partial charge in [0, 0.05) is 37.8 Å². The second kappa shape index (κ2) is 9.28. The summed E-state index contributed by atoms with van der Waals surface area (Å²) < 4.78 is 32.3. The molecule has 1 saturated heterocycles. The normalized spacial score (nSPS) is 17.2. The first kappa shape index (κ1) is 19.8. The summed E-state index contributed by atoms with van der Waals surface area (Å²) in [6.45, 7) is 8.28. The van der Waals surface area contributed by atoms with Gasteiger partial charge in [0.15, 0.2) is 0 Å². The zero-order chi connectivity index (χ0) is 18.3. The van der Waals surface area contributed by atoms with Crippen LogP contribution in [-0.4, -0.2) is 64.7 Å². The van der Waals surface area contributed by atoms with Gasteiger partial charge in [-0.2, -0.15) is 0 Å². The quantitative estimate of drug-likeness (QED) is 0.709. The van der Waals surface area contributed by atoms with Gasteiger partial charge in [-0.1, -0.05) is 6.92 Å². The number of carbonyl (C=O) groups is 1. The molecule has 0 bridgehead atoms. The molecule has 1 unspecified atom stereocenters. The van der Waals surface area contributed by atoms with Crippen LogP contribution in [0.25, 0.3) is 0 Å². The fourth-order valence-electron chi connectivity index (χ4n) is 2.46. The van der Waals surface area contributed by atoms with Gasteiger partial charge in [0.25, 0.3) is 5.91 Å². The van der Waals surface area contributed by atoms with Crippen molar-refractivity contribution in [2.75, 3.05) is 39.4 Å². The SMILES string of the molecule is CCC(C)NS(=O)(=O)c1ccc(C(=O)NCCN2CCOCC2)cc1. The predicted molar refractivity (Wildman–Crippen MR) is 96.1 cm³/mol. The summed E-state index contributed by atoms with van der Waals surface area (Å²) in [6.07, 6.45) is 0.711. The van der Waals surface area contributed by atoms with Crippen molar-refractivity contribution in [3.05, 3.63) is 29.8 Å². The minimum absolute atomic E-state index is 0.131. The standard InChI is InChI=1S/C17H27N3O4S/c1-3-14(2)19-25(22,23)16-6-4-15(5-7-16)17(21)18-8-9-20-10-12-24-13-11-20/h4-7,14,19H,3,8-13H2,1-2H3,(H,18,21). The molecule has 2 N–H and O–H groups in total. The van der Waals surface area contributed by atoms with Crippen molar-refractivity contribution in [3.63, 3.8) is 0 Å². The van der Waals surface area contributed by atoms with Gasteiger partial charge >= 0.3 is 0 Å². The highest BCUT2D eigenvalue weighted by molar-refractivity contribution is 7.89. The Morgan fingerprint density at radius 2 is 1.88 bits per heavy atom. The zero-order valence-corrected chi connectivity index (χ0v) is 15.6. The third-order valence-electron chi connectivity index (χ3n) is 4.21. The molecule has 0 aliphatic carbocycles. The van der Waals surface area contributed by atoms with Crippen molar-refractivity contribution < 1.29 is 17.9 Å². The van der Waals surface area contributed by atoms with Crippen LogP contribution in [0.2, 0.25) is 0 Å². The van der Waals surface area contributed by atoms with E-state index in [2.05, 4.69) is 14.9 Å². The van der Waals surface area contributed by atoms with Crippen LogP contribution in [0.15, 0.2) is 29.2 Å². The Bertz CT molecular complexity index is 655. The van der Waals surface area contributed by atoms with E-state index in [4.69, 9.17) is 4.74 Å². The summed E-state index contributed by atoms with van der Waals surface area (Å²) in [5.74, 6) is -0.202. The Labute approximate surface area is 149 Å². The average molecular weight is 369 g/mol. The highest BCUT2D eigenvalue weighted by Crippen LogP contribution is 2.11. The number of ether oxygens (including phenoxy) is 1. The number of hydrogen-bond acceptors (Lipinski definition) is 5.